The molecule has 0 radical (unpaired) electrons. The number of hydrogen-bond donors (Lipinski definition) is 1. The summed E-state index contributed by atoms with van der Waals surface area (Å²) in [5.41, 5.74) is 8.05. The van der Waals surface area contributed by atoms with Gasteiger partial charge in [0.2, 0.25) is 11.8 Å². The van der Waals surface area contributed by atoms with Crippen molar-refractivity contribution in [1.29, 1.82) is 0 Å². The van der Waals surface area contributed by atoms with E-state index in [1.54, 1.807) is 6.08 Å². The summed E-state index contributed by atoms with van der Waals surface area (Å²) in [6, 6.07) is 19.2. The highest BCUT2D eigenvalue weighted by atomic mass is 35.5. The Hall–Kier alpha value is -4.09. The minimum Gasteiger partial charge on any atom is -0.457 e. The second kappa shape index (κ2) is 9.51. The molecule has 36 heavy (non-hydrogen) atoms. The number of anilines is 1. The smallest absolute Gasteiger partial charge is 0.248 e. The fourth-order valence-electron chi connectivity index (χ4n) is 4.17. The van der Waals surface area contributed by atoms with Gasteiger partial charge in [-0.05, 0) is 92.4 Å². The predicted molar refractivity (Wildman–Crippen MR) is 145 cm³/mol. The van der Waals surface area contributed by atoms with Gasteiger partial charge in [-0.15, -0.1) is 0 Å². The summed E-state index contributed by atoms with van der Waals surface area (Å²) in [4.78, 5) is 17.4. The molecule has 3 aromatic carbocycles. The number of amides is 1. The largest absolute Gasteiger partial charge is 0.457 e. The number of halogens is 1. The molecule has 0 aliphatic carbocycles. The number of aryl methyl sites for hydroxylation is 3. The van der Waals surface area contributed by atoms with Crippen molar-refractivity contribution in [3.05, 3.63) is 99.8 Å². The van der Waals surface area contributed by atoms with E-state index in [1.165, 1.54) is 6.08 Å². The lowest BCUT2D eigenvalue weighted by atomic mass is 10.1. The first-order valence-corrected chi connectivity index (χ1v) is 12.0. The van der Waals surface area contributed by atoms with Gasteiger partial charge in [0.25, 0.3) is 0 Å². The normalized spacial score (nSPS) is 11.5. The molecule has 2 aromatic heterocycles. The Morgan fingerprint density at radius 1 is 0.944 bits per heavy atom. The molecule has 5 nitrogen and oxygen atoms in total. The molecule has 6 heteroatoms. The van der Waals surface area contributed by atoms with Gasteiger partial charge in [0.15, 0.2) is 5.58 Å². The van der Waals surface area contributed by atoms with Gasteiger partial charge in [-0.1, -0.05) is 35.9 Å². The third kappa shape index (κ3) is 4.70. The van der Waals surface area contributed by atoms with Crippen molar-refractivity contribution in [2.45, 2.75) is 27.7 Å². The Morgan fingerprint density at radius 3 is 2.58 bits per heavy atom. The van der Waals surface area contributed by atoms with Crippen LogP contribution >= 0.6 is 11.6 Å². The molecule has 0 bridgehead atoms. The molecule has 0 aliphatic rings. The number of benzene rings is 3. The zero-order chi connectivity index (χ0) is 25.4. The molecule has 0 spiro atoms. The number of fused-ring (bicyclic) bond motifs is 1. The SMILES string of the molecule is Cc1cc(C)c2oc(-c3cccc(NC(=O)C=Cc4ccc(-c5ccc(C)c(Cl)c5)o4)c3C)nc2c1. The van der Waals surface area contributed by atoms with Gasteiger partial charge < -0.3 is 14.2 Å². The quantitative estimate of drug-likeness (QED) is 0.248. The van der Waals surface area contributed by atoms with E-state index in [0.717, 1.165) is 44.5 Å². The van der Waals surface area contributed by atoms with E-state index in [9.17, 15) is 4.79 Å². The monoisotopic (exact) mass is 496 g/mol. The van der Waals surface area contributed by atoms with Crippen molar-refractivity contribution in [2.75, 3.05) is 5.32 Å². The molecule has 0 aliphatic heterocycles. The van der Waals surface area contributed by atoms with Gasteiger partial charge in [-0.3, -0.25) is 4.79 Å². The van der Waals surface area contributed by atoms with Gasteiger partial charge in [0, 0.05) is 27.9 Å². The third-order valence-corrected chi connectivity index (χ3v) is 6.53. The number of carbonyl (C=O) groups excluding carboxylic acids is 1. The maximum atomic E-state index is 12.7. The van der Waals surface area contributed by atoms with Crippen LogP contribution in [0.25, 0.3) is 40.0 Å². The molecule has 0 fully saturated rings. The van der Waals surface area contributed by atoms with E-state index in [2.05, 4.69) is 16.4 Å². The molecule has 2 heterocycles. The molecule has 0 unspecified atom stereocenters. The lowest BCUT2D eigenvalue weighted by Crippen LogP contribution is -2.09. The summed E-state index contributed by atoms with van der Waals surface area (Å²) in [7, 11) is 0. The van der Waals surface area contributed by atoms with Crippen molar-refractivity contribution in [2.24, 2.45) is 0 Å². The summed E-state index contributed by atoms with van der Waals surface area (Å²) >= 11 is 6.23. The minimum absolute atomic E-state index is 0.268. The lowest BCUT2D eigenvalue weighted by molar-refractivity contribution is -0.111. The van der Waals surface area contributed by atoms with Gasteiger partial charge in [-0.25, -0.2) is 4.98 Å². The van der Waals surface area contributed by atoms with Gasteiger partial charge in [0.05, 0.1) is 0 Å². The Morgan fingerprint density at radius 2 is 1.78 bits per heavy atom. The van der Waals surface area contributed by atoms with Crippen LogP contribution < -0.4 is 5.32 Å². The van der Waals surface area contributed by atoms with Crippen molar-refractivity contribution in [3.8, 4) is 22.8 Å². The zero-order valence-corrected chi connectivity index (χ0v) is 21.2. The van der Waals surface area contributed by atoms with Crippen LogP contribution in [0.15, 0.2) is 75.6 Å². The number of furan rings is 1. The molecule has 5 aromatic rings. The first-order chi connectivity index (χ1) is 17.3. The standard InChI is InChI=1S/C30H25ClN2O3/c1-17-14-19(3)29-26(15-17)33-30(36-29)23-6-5-7-25(20(23)4)32-28(34)13-11-22-10-12-27(35-22)21-9-8-18(2)24(31)16-21/h5-16H,1-4H3,(H,32,34). The third-order valence-electron chi connectivity index (χ3n) is 6.12. The van der Waals surface area contributed by atoms with E-state index in [4.69, 9.17) is 20.4 Å². The van der Waals surface area contributed by atoms with E-state index in [0.29, 0.717) is 28.1 Å². The number of oxazole rings is 1. The predicted octanol–water partition coefficient (Wildman–Crippen LogP) is 8.29. The highest BCUT2D eigenvalue weighted by Gasteiger charge is 2.15. The molecule has 180 valence electrons. The van der Waals surface area contributed by atoms with E-state index < -0.39 is 0 Å². The second-order valence-electron chi connectivity index (χ2n) is 8.92. The van der Waals surface area contributed by atoms with E-state index >= 15 is 0 Å². The van der Waals surface area contributed by atoms with Crippen LogP contribution in [0.1, 0.15) is 28.0 Å². The summed E-state index contributed by atoms with van der Waals surface area (Å²) < 4.78 is 11.9. The fraction of sp³-hybridized carbons (Fsp3) is 0.133. The zero-order valence-electron chi connectivity index (χ0n) is 20.5. The van der Waals surface area contributed by atoms with Gasteiger partial charge in [-0.2, -0.15) is 0 Å². The van der Waals surface area contributed by atoms with E-state index in [1.807, 2.05) is 82.3 Å². The summed E-state index contributed by atoms with van der Waals surface area (Å²) in [5.74, 6) is 1.52. The van der Waals surface area contributed by atoms with Gasteiger partial charge >= 0.3 is 0 Å². The molecule has 0 saturated carbocycles. The highest BCUT2D eigenvalue weighted by Crippen LogP contribution is 2.32. The van der Waals surface area contributed by atoms with Crippen LogP contribution in [0, 0.1) is 27.7 Å². The number of hydrogen-bond acceptors (Lipinski definition) is 4. The van der Waals surface area contributed by atoms with Crippen LogP contribution in [0.5, 0.6) is 0 Å². The maximum Gasteiger partial charge on any atom is 0.248 e. The van der Waals surface area contributed by atoms with Crippen LogP contribution in [-0.2, 0) is 4.79 Å². The number of carbonyl (C=O) groups is 1. The Balaban J connectivity index is 1.33. The Bertz CT molecular complexity index is 1640. The molecular weight excluding hydrogens is 472 g/mol. The van der Waals surface area contributed by atoms with Gasteiger partial charge in [0.1, 0.15) is 17.0 Å². The van der Waals surface area contributed by atoms with Crippen LogP contribution in [0.3, 0.4) is 0 Å². The number of nitrogens with zero attached hydrogens (tertiary/aromatic N) is 1. The van der Waals surface area contributed by atoms with Crippen molar-refractivity contribution < 1.29 is 13.6 Å². The number of aromatic nitrogens is 1. The van der Waals surface area contributed by atoms with Crippen molar-refractivity contribution in [1.82, 2.24) is 4.98 Å². The summed E-state index contributed by atoms with van der Waals surface area (Å²) in [6.45, 7) is 7.94. The molecule has 1 amide bonds. The summed E-state index contributed by atoms with van der Waals surface area (Å²) in [5, 5.41) is 3.62. The van der Waals surface area contributed by atoms with Crippen LogP contribution in [0.4, 0.5) is 5.69 Å². The fourth-order valence-corrected chi connectivity index (χ4v) is 4.35. The first kappa shape index (κ1) is 23.6. The lowest BCUT2D eigenvalue weighted by Gasteiger charge is -2.09. The number of rotatable bonds is 5. The van der Waals surface area contributed by atoms with Crippen LogP contribution in [-0.4, -0.2) is 10.9 Å². The van der Waals surface area contributed by atoms with Crippen molar-refractivity contribution >= 4 is 40.4 Å². The average Bonchev–Trinajstić information content (AvgIpc) is 3.48. The number of nitrogens with one attached hydrogen (secondary N) is 1. The molecule has 0 atom stereocenters. The maximum absolute atomic E-state index is 12.7. The second-order valence-corrected chi connectivity index (χ2v) is 9.32. The van der Waals surface area contributed by atoms with E-state index in [-0.39, 0.29) is 5.91 Å². The molecule has 5 rings (SSSR count). The molecule has 0 saturated heterocycles. The minimum atomic E-state index is -0.268. The molecule has 1 N–H and O–H groups in total. The average molecular weight is 497 g/mol. The Labute approximate surface area is 214 Å². The first-order valence-electron chi connectivity index (χ1n) is 11.6. The summed E-state index contributed by atoms with van der Waals surface area (Å²) in [6.07, 6.45) is 3.09. The van der Waals surface area contributed by atoms with Crippen molar-refractivity contribution in [3.63, 3.8) is 0 Å². The molecular formula is C30H25ClN2O3. The Kier molecular flexibility index (Phi) is 6.25. The highest BCUT2D eigenvalue weighted by molar-refractivity contribution is 6.31. The van der Waals surface area contributed by atoms with Crippen LogP contribution in [0.2, 0.25) is 5.02 Å². The topological polar surface area (TPSA) is 68.3 Å².